The van der Waals surface area contributed by atoms with Crippen molar-refractivity contribution in [2.24, 2.45) is 0 Å². The van der Waals surface area contributed by atoms with Crippen molar-refractivity contribution >= 4 is 12.0 Å². The van der Waals surface area contributed by atoms with Gasteiger partial charge in [-0.15, -0.1) is 0 Å². The number of hydroxylamine groups is 2. The van der Waals surface area contributed by atoms with Gasteiger partial charge in [0.25, 0.3) is 5.91 Å². The van der Waals surface area contributed by atoms with Crippen LogP contribution in [0.2, 0.25) is 0 Å². The molecule has 0 aliphatic heterocycles. The van der Waals surface area contributed by atoms with E-state index in [2.05, 4.69) is 10.2 Å². The lowest BCUT2D eigenvalue weighted by Crippen LogP contribution is -2.38. The average molecular weight is 204 g/mol. The number of likely N-dealkylation sites (N-methyl/N-ethyl adjacent to an activating group) is 1. The lowest BCUT2D eigenvalue weighted by molar-refractivity contribution is -0.167. The monoisotopic (exact) mass is 204 g/mol. The summed E-state index contributed by atoms with van der Waals surface area (Å²) in [6.45, 7) is 3.31. The minimum absolute atomic E-state index is 0.143. The van der Waals surface area contributed by atoms with Gasteiger partial charge in [-0.3, -0.25) is 9.63 Å². The predicted molar refractivity (Wildman–Crippen MR) is 49.4 cm³/mol. The van der Waals surface area contributed by atoms with Gasteiger partial charge in [0.15, 0.2) is 0 Å². The van der Waals surface area contributed by atoms with E-state index in [1.165, 1.54) is 14.2 Å². The number of amides is 2. The number of nitrogens with zero attached hydrogens (tertiary/aromatic N) is 1. The summed E-state index contributed by atoms with van der Waals surface area (Å²) in [6.07, 6.45) is -0.817. The van der Waals surface area contributed by atoms with Crippen LogP contribution in [0.1, 0.15) is 13.8 Å². The van der Waals surface area contributed by atoms with Crippen LogP contribution in [0.5, 0.6) is 0 Å². The van der Waals surface area contributed by atoms with Crippen LogP contribution in [-0.4, -0.2) is 43.9 Å². The minimum Gasteiger partial charge on any atom is -0.447 e. The van der Waals surface area contributed by atoms with E-state index < -0.39 is 6.09 Å². The highest BCUT2D eigenvalue weighted by molar-refractivity contribution is 5.81. The number of alkyl carbamates (subject to hydrolysis) is 1. The number of hydrogen-bond acceptors (Lipinski definition) is 4. The summed E-state index contributed by atoms with van der Waals surface area (Å²) in [7, 11) is 2.82. The number of hydrogen-bond donors (Lipinski definition) is 1. The zero-order valence-corrected chi connectivity index (χ0v) is 8.86. The van der Waals surface area contributed by atoms with Crippen LogP contribution >= 0.6 is 0 Å². The third kappa shape index (κ3) is 5.36. The maximum absolute atomic E-state index is 11.1. The highest BCUT2D eigenvalue weighted by atomic mass is 16.7. The van der Waals surface area contributed by atoms with Crippen molar-refractivity contribution in [3.05, 3.63) is 0 Å². The first-order valence-electron chi connectivity index (χ1n) is 4.22. The molecule has 0 unspecified atom stereocenters. The maximum atomic E-state index is 11.1. The number of nitrogens with one attached hydrogen (secondary N) is 1. The SMILES string of the molecule is CON(C)C(=O)CNC(=O)OC(C)C. The Hall–Kier alpha value is -1.30. The second-order valence-electron chi connectivity index (χ2n) is 2.88. The summed E-state index contributed by atoms with van der Waals surface area (Å²) >= 11 is 0. The Labute approximate surface area is 83.1 Å². The molecule has 14 heavy (non-hydrogen) atoms. The lowest BCUT2D eigenvalue weighted by atomic mass is 10.5. The zero-order valence-electron chi connectivity index (χ0n) is 8.86. The standard InChI is InChI=1S/C8H16N2O4/c1-6(2)14-8(12)9-5-7(11)10(3)13-4/h6H,5H2,1-4H3,(H,9,12). The second kappa shape index (κ2) is 6.20. The first kappa shape index (κ1) is 12.7. The predicted octanol–water partition coefficient (Wildman–Crippen LogP) is 0.141. The number of carbonyl (C=O) groups excluding carboxylic acids is 2. The van der Waals surface area contributed by atoms with E-state index in [0.717, 1.165) is 5.06 Å². The number of ether oxygens (including phenoxy) is 1. The molecule has 0 spiro atoms. The molecule has 0 rings (SSSR count). The molecule has 0 aromatic rings. The molecule has 0 bridgehead atoms. The van der Waals surface area contributed by atoms with Crippen molar-refractivity contribution in [2.45, 2.75) is 20.0 Å². The molecule has 6 nitrogen and oxygen atoms in total. The maximum Gasteiger partial charge on any atom is 0.407 e. The first-order valence-corrected chi connectivity index (χ1v) is 4.22. The van der Waals surface area contributed by atoms with Gasteiger partial charge in [0.1, 0.15) is 6.54 Å². The van der Waals surface area contributed by atoms with E-state index in [4.69, 9.17) is 4.74 Å². The quantitative estimate of drug-likeness (QED) is 0.661. The smallest absolute Gasteiger partial charge is 0.407 e. The van der Waals surface area contributed by atoms with Crippen molar-refractivity contribution in [1.29, 1.82) is 0 Å². The first-order chi connectivity index (χ1) is 6.47. The molecule has 0 atom stereocenters. The van der Waals surface area contributed by atoms with E-state index in [0.29, 0.717) is 0 Å². The highest BCUT2D eigenvalue weighted by Gasteiger charge is 2.10. The summed E-state index contributed by atoms with van der Waals surface area (Å²) in [4.78, 5) is 26.6. The Morgan fingerprint density at radius 1 is 1.43 bits per heavy atom. The molecular formula is C8H16N2O4. The van der Waals surface area contributed by atoms with Crippen LogP contribution in [-0.2, 0) is 14.4 Å². The molecule has 6 heteroatoms. The van der Waals surface area contributed by atoms with Gasteiger partial charge in [-0.1, -0.05) is 0 Å². The van der Waals surface area contributed by atoms with Crippen molar-refractivity contribution < 1.29 is 19.2 Å². The molecular weight excluding hydrogens is 188 g/mol. The largest absolute Gasteiger partial charge is 0.447 e. The molecule has 0 saturated heterocycles. The Morgan fingerprint density at radius 2 is 2.00 bits per heavy atom. The summed E-state index contributed by atoms with van der Waals surface area (Å²) in [5, 5.41) is 3.32. The third-order valence-electron chi connectivity index (χ3n) is 1.35. The highest BCUT2D eigenvalue weighted by Crippen LogP contribution is 1.88. The summed E-state index contributed by atoms with van der Waals surface area (Å²) < 4.78 is 4.75. The fraction of sp³-hybridized carbons (Fsp3) is 0.750. The summed E-state index contributed by atoms with van der Waals surface area (Å²) in [5.74, 6) is -0.354. The van der Waals surface area contributed by atoms with E-state index in [1.54, 1.807) is 13.8 Å². The minimum atomic E-state index is -0.613. The van der Waals surface area contributed by atoms with Gasteiger partial charge < -0.3 is 10.1 Å². The third-order valence-corrected chi connectivity index (χ3v) is 1.35. The van der Waals surface area contributed by atoms with E-state index in [1.807, 2.05) is 0 Å². The van der Waals surface area contributed by atoms with Gasteiger partial charge >= 0.3 is 6.09 Å². The second-order valence-corrected chi connectivity index (χ2v) is 2.88. The normalized spacial score (nSPS) is 9.79. The van der Waals surface area contributed by atoms with Crippen LogP contribution in [0.3, 0.4) is 0 Å². The van der Waals surface area contributed by atoms with Crippen molar-refractivity contribution in [3.8, 4) is 0 Å². The topological polar surface area (TPSA) is 67.9 Å². The molecule has 0 radical (unpaired) electrons. The molecule has 0 heterocycles. The van der Waals surface area contributed by atoms with E-state index >= 15 is 0 Å². The van der Waals surface area contributed by atoms with E-state index in [-0.39, 0.29) is 18.6 Å². The van der Waals surface area contributed by atoms with Gasteiger partial charge in [0.2, 0.25) is 0 Å². The fourth-order valence-corrected chi connectivity index (χ4v) is 0.617. The molecule has 0 aromatic heterocycles. The van der Waals surface area contributed by atoms with Gasteiger partial charge in [0.05, 0.1) is 13.2 Å². The molecule has 0 aliphatic rings. The van der Waals surface area contributed by atoms with E-state index in [9.17, 15) is 9.59 Å². The van der Waals surface area contributed by atoms with Crippen molar-refractivity contribution in [3.63, 3.8) is 0 Å². The van der Waals surface area contributed by atoms with Crippen LogP contribution in [0.15, 0.2) is 0 Å². The Bertz CT molecular complexity index is 206. The fourth-order valence-electron chi connectivity index (χ4n) is 0.617. The van der Waals surface area contributed by atoms with Crippen LogP contribution < -0.4 is 5.32 Å². The summed E-state index contributed by atoms with van der Waals surface area (Å²) in [6, 6.07) is 0. The molecule has 1 N–H and O–H groups in total. The molecule has 0 fully saturated rings. The Balaban J connectivity index is 3.72. The lowest BCUT2D eigenvalue weighted by Gasteiger charge is -2.14. The molecule has 0 saturated carbocycles. The molecule has 0 aromatic carbocycles. The van der Waals surface area contributed by atoms with Crippen molar-refractivity contribution in [2.75, 3.05) is 20.7 Å². The van der Waals surface area contributed by atoms with Gasteiger partial charge in [-0.25, -0.2) is 9.86 Å². The number of carbonyl (C=O) groups is 2. The summed E-state index contributed by atoms with van der Waals surface area (Å²) in [5.41, 5.74) is 0. The molecule has 2 amide bonds. The average Bonchev–Trinajstić information content (AvgIpc) is 2.11. The van der Waals surface area contributed by atoms with Gasteiger partial charge in [0, 0.05) is 7.05 Å². The van der Waals surface area contributed by atoms with Crippen LogP contribution in [0.4, 0.5) is 4.79 Å². The number of rotatable bonds is 4. The van der Waals surface area contributed by atoms with Crippen molar-refractivity contribution in [1.82, 2.24) is 10.4 Å². The van der Waals surface area contributed by atoms with Crippen LogP contribution in [0, 0.1) is 0 Å². The Morgan fingerprint density at radius 3 is 2.43 bits per heavy atom. The van der Waals surface area contributed by atoms with Gasteiger partial charge in [-0.2, -0.15) is 0 Å². The molecule has 82 valence electrons. The zero-order chi connectivity index (χ0) is 11.1. The molecule has 0 aliphatic carbocycles. The van der Waals surface area contributed by atoms with Crippen LogP contribution in [0.25, 0.3) is 0 Å². The Kier molecular flexibility index (Phi) is 5.62. The van der Waals surface area contributed by atoms with Gasteiger partial charge in [-0.05, 0) is 13.8 Å².